The van der Waals surface area contributed by atoms with E-state index in [2.05, 4.69) is 0 Å². The van der Waals surface area contributed by atoms with E-state index >= 15 is 0 Å². The summed E-state index contributed by atoms with van der Waals surface area (Å²) < 4.78 is 10.5. The van der Waals surface area contributed by atoms with Crippen LogP contribution in [-0.4, -0.2) is 55.5 Å². The highest BCUT2D eigenvalue weighted by Crippen LogP contribution is 2.34. The first kappa shape index (κ1) is 19.7. The molecule has 7 heteroatoms. The Balaban J connectivity index is 2.67. The summed E-state index contributed by atoms with van der Waals surface area (Å²) in [5.74, 6) is -0.302. The molecule has 0 atom stereocenters. The zero-order chi connectivity index (χ0) is 17.5. The summed E-state index contributed by atoms with van der Waals surface area (Å²) in [7, 11) is 0. The Bertz CT molecular complexity index is 396. The number of amides is 1. The van der Waals surface area contributed by atoms with Crippen molar-refractivity contribution in [2.45, 2.75) is 53.1 Å². The summed E-state index contributed by atoms with van der Waals surface area (Å²) in [6.07, 6.45) is 0.553. The van der Waals surface area contributed by atoms with Gasteiger partial charge in [0.1, 0.15) is 5.60 Å². The fraction of sp³-hybridized carbons (Fsp3) is 0.875. The normalized spacial score (nSPS) is 17.7. The molecule has 0 unspecified atom stereocenters. The van der Waals surface area contributed by atoms with E-state index < -0.39 is 11.0 Å². The second kappa shape index (κ2) is 8.49. The Hall–Kier alpha value is -1.34. The van der Waals surface area contributed by atoms with Gasteiger partial charge in [0.25, 0.3) is 0 Å². The fourth-order valence-corrected chi connectivity index (χ4v) is 2.37. The summed E-state index contributed by atoms with van der Waals surface area (Å²) in [5.41, 5.74) is -1.31. The average Bonchev–Trinajstić information content (AvgIpc) is 2.46. The molecule has 7 nitrogen and oxygen atoms in total. The zero-order valence-electron chi connectivity index (χ0n) is 14.8. The molecule has 1 fully saturated rings. The molecule has 1 aliphatic heterocycles. The number of hydrogen-bond acceptors (Lipinski definition) is 6. The summed E-state index contributed by atoms with van der Waals surface area (Å²) in [6.45, 7) is 10.7. The number of carbonyl (C=O) groups excluding carboxylic acids is 2. The van der Waals surface area contributed by atoms with Gasteiger partial charge in [0.2, 0.25) is 0 Å². The smallest absolute Gasteiger partial charge is 0.410 e. The number of nitrogens with zero attached hydrogens (tertiary/aromatic N) is 1. The van der Waals surface area contributed by atoms with Crippen molar-refractivity contribution in [1.82, 2.24) is 4.90 Å². The van der Waals surface area contributed by atoms with Crippen molar-refractivity contribution >= 4 is 12.1 Å². The second-order valence-corrected chi connectivity index (χ2v) is 6.64. The molecule has 1 aliphatic rings. The van der Waals surface area contributed by atoms with Gasteiger partial charge in [-0.25, -0.2) is 14.6 Å². The van der Waals surface area contributed by atoms with Crippen molar-refractivity contribution in [3.63, 3.8) is 0 Å². The van der Waals surface area contributed by atoms with Crippen molar-refractivity contribution < 1.29 is 28.8 Å². The third-order valence-corrected chi connectivity index (χ3v) is 3.62. The van der Waals surface area contributed by atoms with Gasteiger partial charge >= 0.3 is 12.1 Å². The SMILES string of the molecule is CCOOCC1(C(=O)OCC)CCN(C(=O)OC(C)(C)C)CC1. The molecule has 1 amide bonds. The molecule has 1 saturated heterocycles. The van der Waals surface area contributed by atoms with E-state index in [1.54, 1.807) is 11.8 Å². The van der Waals surface area contributed by atoms with Crippen LogP contribution in [0.3, 0.4) is 0 Å². The second-order valence-electron chi connectivity index (χ2n) is 6.64. The number of carbonyl (C=O) groups is 2. The van der Waals surface area contributed by atoms with Gasteiger partial charge in [-0.2, -0.15) is 0 Å². The van der Waals surface area contributed by atoms with E-state index in [0.717, 1.165) is 0 Å². The van der Waals surface area contributed by atoms with Crippen LogP contribution < -0.4 is 0 Å². The van der Waals surface area contributed by atoms with Crippen LogP contribution in [0.4, 0.5) is 4.79 Å². The van der Waals surface area contributed by atoms with Crippen molar-refractivity contribution in [3.05, 3.63) is 0 Å². The summed E-state index contributed by atoms with van der Waals surface area (Å²) in [4.78, 5) is 36.1. The van der Waals surface area contributed by atoms with Gasteiger partial charge in [-0.05, 0) is 47.5 Å². The Morgan fingerprint density at radius 3 is 2.13 bits per heavy atom. The first-order chi connectivity index (χ1) is 10.7. The number of hydrogen-bond donors (Lipinski definition) is 0. The van der Waals surface area contributed by atoms with E-state index in [1.165, 1.54) is 0 Å². The lowest BCUT2D eigenvalue weighted by Crippen LogP contribution is -2.50. The zero-order valence-corrected chi connectivity index (χ0v) is 14.8. The first-order valence-electron chi connectivity index (χ1n) is 8.13. The predicted molar refractivity (Wildman–Crippen MR) is 83.7 cm³/mol. The highest BCUT2D eigenvalue weighted by Gasteiger charge is 2.45. The molecular weight excluding hydrogens is 302 g/mol. The molecule has 134 valence electrons. The number of ether oxygens (including phenoxy) is 2. The highest BCUT2D eigenvalue weighted by molar-refractivity contribution is 5.78. The van der Waals surface area contributed by atoms with E-state index in [9.17, 15) is 9.59 Å². The van der Waals surface area contributed by atoms with E-state index in [4.69, 9.17) is 19.2 Å². The Morgan fingerprint density at radius 2 is 1.65 bits per heavy atom. The molecule has 0 bridgehead atoms. The van der Waals surface area contributed by atoms with Crippen LogP contribution in [0.2, 0.25) is 0 Å². The van der Waals surface area contributed by atoms with Gasteiger partial charge in [-0.15, -0.1) is 0 Å². The molecule has 0 aromatic rings. The monoisotopic (exact) mass is 331 g/mol. The quantitative estimate of drug-likeness (QED) is 0.322. The van der Waals surface area contributed by atoms with Crippen molar-refractivity contribution in [3.8, 4) is 0 Å². The van der Waals surface area contributed by atoms with Gasteiger partial charge in [0.15, 0.2) is 0 Å². The van der Waals surface area contributed by atoms with E-state index in [1.807, 2.05) is 27.7 Å². The maximum Gasteiger partial charge on any atom is 0.410 e. The number of esters is 1. The molecule has 0 aromatic carbocycles. The Labute approximate surface area is 138 Å². The maximum atomic E-state index is 12.3. The van der Waals surface area contributed by atoms with Crippen LogP contribution in [0.25, 0.3) is 0 Å². The molecule has 23 heavy (non-hydrogen) atoms. The third kappa shape index (κ3) is 5.99. The van der Waals surface area contributed by atoms with Crippen LogP contribution in [-0.2, 0) is 24.0 Å². The molecule has 0 aliphatic carbocycles. The maximum absolute atomic E-state index is 12.3. The minimum absolute atomic E-state index is 0.127. The van der Waals surface area contributed by atoms with Gasteiger partial charge in [-0.1, -0.05) is 0 Å². The highest BCUT2D eigenvalue weighted by atomic mass is 17.2. The molecule has 1 rings (SSSR count). The number of likely N-dealkylation sites (tertiary alicyclic amines) is 1. The lowest BCUT2D eigenvalue weighted by atomic mass is 9.79. The minimum Gasteiger partial charge on any atom is -0.465 e. The summed E-state index contributed by atoms with van der Waals surface area (Å²) >= 11 is 0. The lowest BCUT2D eigenvalue weighted by Gasteiger charge is -2.39. The fourth-order valence-electron chi connectivity index (χ4n) is 2.37. The summed E-state index contributed by atoms with van der Waals surface area (Å²) in [6, 6.07) is 0. The van der Waals surface area contributed by atoms with Crippen LogP contribution in [0.5, 0.6) is 0 Å². The number of piperidine rings is 1. The average molecular weight is 331 g/mol. The topological polar surface area (TPSA) is 74.3 Å². The third-order valence-electron chi connectivity index (χ3n) is 3.62. The lowest BCUT2D eigenvalue weighted by molar-refractivity contribution is -0.308. The van der Waals surface area contributed by atoms with E-state index in [-0.39, 0.29) is 18.7 Å². The van der Waals surface area contributed by atoms with Crippen molar-refractivity contribution in [2.75, 3.05) is 32.9 Å². The Morgan fingerprint density at radius 1 is 1.04 bits per heavy atom. The molecular formula is C16H29NO6. The molecule has 0 N–H and O–H groups in total. The Kier molecular flexibility index (Phi) is 7.28. The van der Waals surface area contributed by atoms with Crippen LogP contribution in [0.1, 0.15) is 47.5 Å². The molecule has 0 saturated carbocycles. The van der Waals surface area contributed by atoms with Crippen LogP contribution >= 0.6 is 0 Å². The predicted octanol–water partition coefficient (Wildman–Crippen LogP) is 2.53. The standard InChI is InChI=1S/C16H29NO6/c1-6-20-13(18)16(12-22-21-7-2)8-10-17(11-9-16)14(19)23-15(3,4)5/h6-12H2,1-5H3. The first-order valence-corrected chi connectivity index (χ1v) is 8.13. The number of rotatable bonds is 6. The van der Waals surface area contributed by atoms with Gasteiger partial charge in [-0.3, -0.25) is 4.79 Å². The van der Waals surface area contributed by atoms with Crippen LogP contribution in [0.15, 0.2) is 0 Å². The molecule has 0 aromatic heterocycles. The minimum atomic E-state index is -0.774. The van der Waals surface area contributed by atoms with Gasteiger partial charge in [0.05, 0.1) is 25.2 Å². The van der Waals surface area contributed by atoms with Crippen molar-refractivity contribution in [1.29, 1.82) is 0 Å². The molecule has 0 radical (unpaired) electrons. The summed E-state index contributed by atoms with van der Waals surface area (Å²) in [5, 5.41) is 0. The van der Waals surface area contributed by atoms with Gasteiger partial charge in [0, 0.05) is 13.1 Å². The van der Waals surface area contributed by atoms with Crippen molar-refractivity contribution in [2.24, 2.45) is 5.41 Å². The van der Waals surface area contributed by atoms with Crippen LogP contribution in [0, 0.1) is 5.41 Å². The largest absolute Gasteiger partial charge is 0.465 e. The molecule has 1 heterocycles. The van der Waals surface area contributed by atoms with Gasteiger partial charge < -0.3 is 14.4 Å². The molecule has 0 spiro atoms. The van der Waals surface area contributed by atoms with E-state index in [0.29, 0.717) is 39.1 Å².